The Morgan fingerprint density at radius 3 is 2.80 bits per heavy atom. The van der Waals surface area contributed by atoms with Gasteiger partial charge in [0.15, 0.2) is 10.9 Å². The lowest BCUT2D eigenvalue weighted by Gasteiger charge is -2.38. The van der Waals surface area contributed by atoms with Gasteiger partial charge in [0.2, 0.25) is 0 Å². The lowest BCUT2D eigenvalue weighted by atomic mass is 9.70. The molecule has 0 saturated carbocycles. The van der Waals surface area contributed by atoms with Crippen molar-refractivity contribution >= 4 is 34.7 Å². The molecule has 0 spiro atoms. The van der Waals surface area contributed by atoms with Gasteiger partial charge in [0.05, 0.1) is 11.5 Å². The van der Waals surface area contributed by atoms with Crippen LogP contribution in [0.1, 0.15) is 43.0 Å². The average molecular weight is 374 g/mol. The minimum atomic E-state index is -0.331. The summed E-state index contributed by atoms with van der Waals surface area (Å²) in [5, 5.41) is 5.87. The fourth-order valence-corrected chi connectivity index (χ4v) is 4.95. The summed E-state index contributed by atoms with van der Waals surface area (Å²) in [4.78, 5) is 34.2. The molecule has 1 aliphatic carbocycles. The predicted octanol–water partition coefficient (Wildman–Crippen LogP) is 3.75. The van der Waals surface area contributed by atoms with E-state index >= 15 is 0 Å². The largest absolute Gasteiger partial charge is 0.343 e. The molecule has 0 bridgehead atoms. The molecule has 2 N–H and O–H groups in total. The summed E-state index contributed by atoms with van der Waals surface area (Å²) in [7, 11) is 0. The zero-order valence-corrected chi connectivity index (χ0v) is 15.9. The van der Waals surface area contributed by atoms with Gasteiger partial charge in [-0.15, -0.1) is 11.3 Å². The van der Waals surface area contributed by atoms with Crippen LogP contribution in [-0.2, 0) is 4.79 Å². The first kappa shape index (κ1) is 16.6. The SMILES string of the molecule is CSc1nc2c(c(=O)[nH]1)[C@H](c1cccs1)C1=C(CC(C)(C)CC1=O)N2. The van der Waals surface area contributed by atoms with E-state index in [1.807, 2.05) is 23.8 Å². The molecule has 3 heterocycles. The van der Waals surface area contributed by atoms with E-state index in [4.69, 9.17) is 0 Å². The highest BCUT2D eigenvalue weighted by molar-refractivity contribution is 7.98. The van der Waals surface area contributed by atoms with Gasteiger partial charge in [-0.2, -0.15) is 0 Å². The van der Waals surface area contributed by atoms with Crippen LogP contribution in [0.25, 0.3) is 0 Å². The maximum Gasteiger partial charge on any atom is 0.257 e. The first-order valence-electron chi connectivity index (χ1n) is 8.14. The number of carbonyl (C=O) groups is 1. The van der Waals surface area contributed by atoms with E-state index < -0.39 is 0 Å². The number of fused-ring (bicyclic) bond motifs is 1. The molecule has 0 aromatic carbocycles. The maximum absolute atomic E-state index is 13.0. The second-order valence-electron chi connectivity index (χ2n) is 7.24. The van der Waals surface area contributed by atoms with E-state index in [1.165, 1.54) is 11.8 Å². The molecule has 1 aliphatic heterocycles. The Morgan fingerprint density at radius 1 is 1.32 bits per heavy atom. The van der Waals surface area contributed by atoms with Crippen molar-refractivity contribution in [2.45, 2.75) is 37.8 Å². The van der Waals surface area contributed by atoms with Crippen molar-refractivity contribution in [2.75, 3.05) is 11.6 Å². The summed E-state index contributed by atoms with van der Waals surface area (Å²) in [6, 6.07) is 3.95. The lowest BCUT2D eigenvalue weighted by molar-refractivity contribution is -0.118. The fourth-order valence-electron chi connectivity index (χ4n) is 3.73. The first-order chi connectivity index (χ1) is 11.9. The maximum atomic E-state index is 13.0. The number of rotatable bonds is 2. The molecule has 1 atom stereocenters. The van der Waals surface area contributed by atoms with Crippen LogP contribution in [0.15, 0.2) is 38.7 Å². The number of hydrogen-bond donors (Lipinski definition) is 2. The van der Waals surface area contributed by atoms with Gasteiger partial charge in [-0.1, -0.05) is 31.7 Å². The van der Waals surface area contributed by atoms with Crippen molar-refractivity contribution in [2.24, 2.45) is 5.41 Å². The normalized spacial score (nSPS) is 21.6. The molecule has 5 nitrogen and oxygen atoms in total. The standard InChI is InChI=1S/C18H19N3O2S2/c1-18(2)7-9-12(10(22)8-18)13(11-5-4-6-25-11)14-15(19-9)20-17(24-3)21-16(14)23/h4-6,13H,7-8H2,1-3H3,(H2,19,20,21,23)/t13-/m1/s1. The Labute approximate surface area is 154 Å². The summed E-state index contributed by atoms with van der Waals surface area (Å²) in [5.74, 6) is 0.369. The smallest absolute Gasteiger partial charge is 0.257 e. The summed E-state index contributed by atoms with van der Waals surface area (Å²) in [6.45, 7) is 4.20. The molecule has 0 saturated heterocycles. The molecule has 130 valence electrons. The third kappa shape index (κ3) is 2.75. The van der Waals surface area contributed by atoms with Gasteiger partial charge >= 0.3 is 0 Å². The van der Waals surface area contributed by atoms with Crippen LogP contribution in [-0.4, -0.2) is 22.0 Å². The lowest BCUT2D eigenvalue weighted by Crippen LogP contribution is -2.36. The third-order valence-electron chi connectivity index (χ3n) is 4.72. The van der Waals surface area contributed by atoms with Gasteiger partial charge in [-0.05, 0) is 29.5 Å². The Balaban J connectivity index is 1.97. The number of ketones is 1. The van der Waals surface area contributed by atoms with Gasteiger partial charge in [-0.25, -0.2) is 4.98 Å². The number of thioether (sulfide) groups is 1. The van der Waals surface area contributed by atoms with Crippen molar-refractivity contribution in [1.29, 1.82) is 0 Å². The Kier molecular flexibility index (Phi) is 3.88. The van der Waals surface area contributed by atoms with E-state index in [1.54, 1.807) is 11.3 Å². The second-order valence-corrected chi connectivity index (χ2v) is 9.02. The van der Waals surface area contributed by atoms with Gasteiger partial charge < -0.3 is 10.3 Å². The predicted molar refractivity (Wildman–Crippen MR) is 101 cm³/mol. The minimum absolute atomic E-state index is 0.0933. The molecule has 4 rings (SSSR count). The number of nitrogens with zero attached hydrogens (tertiary/aromatic N) is 1. The summed E-state index contributed by atoms with van der Waals surface area (Å²) in [5.41, 5.74) is 1.93. The van der Waals surface area contributed by atoms with E-state index in [2.05, 4.69) is 29.1 Å². The number of anilines is 1. The average Bonchev–Trinajstić information content (AvgIpc) is 3.05. The Hall–Kier alpha value is -1.86. The molecule has 25 heavy (non-hydrogen) atoms. The Morgan fingerprint density at radius 2 is 2.12 bits per heavy atom. The van der Waals surface area contributed by atoms with Crippen molar-refractivity contribution in [3.63, 3.8) is 0 Å². The monoisotopic (exact) mass is 373 g/mol. The van der Waals surface area contributed by atoms with Crippen molar-refractivity contribution in [3.05, 3.63) is 49.6 Å². The van der Waals surface area contributed by atoms with Crippen LogP contribution in [0.2, 0.25) is 0 Å². The number of H-pyrrole nitrogens is 1. The quantitative estimate of drug-likeness (QED) is 0.619. The van der Waals surface area contributed by atoms with Gasteiger partial charge in [0.1, 0.15) is 5.82 Å². The number of aromatic nitrogens is 2. The number of Topliss-reactive ketones (excluding diaryl/α,β-unsaturated/α-hetero) is 1. The second kappa shape index (κ2) is 5.85. The van der Waals surface area contributed by atoms with Crippen LogP contribution in [0, 0.1) is 5.41 Å². The van der Waals surface area contributed by atoms with Crippen molar-refractivity contribution in [3.8, 4) is 0 Å². The minimum Gasteiger partial charge on any atom is -0.343 e. The van der Waals surface area contributed by atoms with E-state index in [-0.39, 0.29) is 22.7 Å². The highest BCUT2D eigenvalue weighted by Gasteiger charge is 2.42. The third-order valence-corrected chi connectivity index (χ3v) is 6.24. The molecule has 2 aromatic heterocycles. The van der Waals surface area contributed by atoms with Gasteiger partial charge in [-0.3, -0.25) is 9.59 Å². The molecule has 7 heteroatoms. The number of allylic oxidation sites excluding steroid dienone is 2. The number of aromatic amines is 1. The summed E-state index contributed by atoms with van der Waals surface area (Å²) in [6.07, 6.45) is 3.15. The van der Waals surface area contributed by atoms with Crippen LogP contribution in [0.4, 0.5) is 5.82 Å². The molecule has 0 fully saturated rings. The van der Waals surface area contributed by atoms with Crippen LogP contribution >= 0.6 is 23.1 Å². The number of thiophene rings is 1. The fraction of sp³-hybridized carbons (Fsp3) is 0.389. The molecule has 2 aromatic rings. The molecule has 0 amide bonds. The highest BCUT2D eigenvalue weighted by Crippen LogP contribution is 2.48. The molecule has 0 unspecified atom stereocenters. The van der Waals surface area contributed by atoms with Crippen LogP contribution < -0.4 is 10.9 Å². The number of nitrogens with one attached hydrogen (secondary N) is 2. The molecule has 2 aliphatic rings. The molecule has 0 radical (unpaired) electrons. The molecular formula is C18H19N3O2S2. The van der Waals surface area contributed by atoms with Crippen molar-refractivity contribution < 1.29 is 4.79 Å². The topological polar surface area (TPSA) is 74.8 Å². The zero-order valence-electron chi connectivity index (χ0n) is 14.3. The highest BCUT2D eigenvalue weighted by atomic mass is 32.2. The van der Waals surface area contributed by atoms with E-state index in [9.17, 15) is 9.59 Å². The van der Waals surface area contributed by atoms with Gasteiger partial charge in [0.25, 0.3) is 5.56 Å². The number of carbonyl (C=O) groups excluding carboxylic acids is 1. The van der Waals surface area contributed by atoms with Crippen molar-refractivity contribution in [1.82, 2.24) is 9.97 Å². The summed E-state index contributed by atoms with van der Waals surface area (Å²) >= 11 is 2.97. The first-order valence-corrected chi connectivity index (χ1v) is 10.2. The van der Waals surface area contributed by atoms with Crippen LogP contribution in [0.3, 0.4) is 0 Å². The zero-order chi connectivity index (χ0) is 17.8. The number of hydrogen-bond acceptors (Lipinski definition) is 6. The van der Waals surface area contributed by atoms with Crippen LogP contribution in [0.5, 0.6) is 0 Å². The summed E-state index contributed by atoms with van der Waals surface area (Å²) < 4.78 is 0. The van der Waals surface area contributed by atoms with Gasteiger partial charge in [0, 0.05) is 22.6 Å². The van der Waals surface area contributed by atoms with E-state index in [0.29, 0.717) is 23.0 Å². The van der Waals surface area contributed by atoms with E-state index in [0.717, 1.165) is 22.6 Å². The molecular weight excluding hydrogens is 354 g/mol. The Bertz CT molecular complexity index is 942.